The number of likely N-dealkylation sites (tertiary alicyclic amines) is 1. The summed E-state index contributed by atoms with van der Waals surface area (Å²) in [7, 11) is 0. The molecule has 35 heavy (non-hydrogen) atoms. The van der Waals surface area contributed by atoms with Crippen molar-refractivity contribution >= 4 is 11.8 Å². The SMILES string of the molecule is CC(C)[C@@](C#N)(CCCCC(=O)N1CCC[C@@H]1C(=O)NCc1ccc(F)cc1F)c1ccccc1. The van der Waals surface area contributed by atoms with Crippen LogP contribution in [0.25, 0.3) is 0 Å². The van der Waals surface area contributed by atoms with Crippen molar-refractivity contribution in [3.63, 3.8) is 0 Å². The van der Waals surface area contributed by atoms with E-state index in [1.807, 2.05) is 44.2 Å². The third-order valence-corrected chi connectivity index (χ3v) is 7.03. The van der Waals surface area contributed by atoms with E-state index in [1.54, 1.807) is 4.90 Å². The van der Waals surface area contributed by atoms with Gasteiger partial charge in [0, 0.05) is 31.1 Å². The Labute approximate surface area is 206 Å². The number of rotatable bonds is 10. The molecule has 1 aliphatic rings. The number of amides is 2. The molecule has 1 heterocycles. The first-order chi connectivity index (χ1) is 16.8. The highest BCUT2D eigenvalue weighted by Crippen LogP contribution is 2.37. The highest BCUT2D eigenvalue weighted by molar-refractivity contribution is 5.88. The predicted molar refractivity (Wildman–Crippen MR) is 130 cm³/mol. The highest BCUT2D eigenvalue weighted by Gasteiger charge is 2.36. The van der Waals surface area contributed by atoms with Gasteiger partial charge in [0.15, 0.2) is 0 Å². The van der Waals surface area contributed by atoms with Crippen LogP contribution in [0.1, 0.15) is 63.5 Å². The quantitative estimate of drug-likeness (QED) is 0.471. The van der Waals surface area contributed by atoms with Crippen LogP contribution >= 0.6 is 0 Å². The van der Waals surface area contributed by atoms with Crippen molar-refractivity contribution in [2.75, 3.05) is 6.54 Å². The van der Waals surface area contributed by atoms with Crippen LogP contribution in [0.2, 0.25) is 0 Å². The summed E-state index contributed by atoms with van der Waals surface area (Å²) >= 11 is 0. The van der Waals surface area contributed by atoms with Gasteiger partial charge < -0.3 is 10.2 Å². The molecular weight excluding hydrogens is 448 g/mol. The molecule has 0 aliphatic carbocycles. The van der Waals surface area contributed by atoms with E-state index in [2.05, 4.69) is 11.4 Å². The molecule has 7 heteroatoms. The van der Waals surface area contributed by atoms with E-state index in [-0.39, 0.29) is 29.8 Å². The second-order valence-corrected chi connectivity index (χ2v) is 9.51. The predicted octanol–water partition coefficient (Wildman–Crippen LogP) is 5.25. The molecule has 2 atom stereocenters. The molecule has 5 nitrogen and oxygen atoms in total. The second-order valence-electron chi connectivity index (χ2n) is 9.51. The summed E-state index contributed by atoms with van der Waals surface area (Å²) in [5.74, 6) is -1.66. The molecule has 0 saturated carbocycles. The summed E-state index contributed by atoms with van der Waals surface area (Å²) in [6, 6.07) is 15.0. The zero-order valence-corrected chi connectivity index (χ0v) is 20.4. The number of unbranched alkanes of at least 4 members (excludes halogenated alkanes) is 1. The summed E-state index contributed by atoms with van der Waals surface area (Å²) in [4.78, 5) is 27.2. The molecule has 0 spiro atoms. The Hall–Kier alpha value is -3.27. The van der Waals surface area contributed by atoms with Crippen LogP contribution in [0.15, 0.2) is 48.5 Å². The van der Waals surface area contributed by atoms with E-state index in [9.17, 15) is 23.6 Å². The first kappa shape index (κ1) is 26.3. The Morgan fingerprint density at radius 1 is 1.17 bits per heavy atom. The van der Waals surface area contributed by atoms with Crippen molar-refractivity contribution in [1.29, 1.82) is 5.26 Å². The van der Waals surface area contributed by atoms with E-state index in [0.29, 0.717) is 32.2 Å². The molecule has 0 radical (unpaired) electrons. The van der Waals surface area contributed by atoms with Crippen molar-refractivity contribution in [2.24, 2.45) is 5.92 Å². The van der Waals surface area contributed by atoms with Gasteiger partial charge in [0.1, 0.15) is 17.7 Å². The molecule has 0 aromatic heterocycles. The van der Waals surface area contributed by atoms with Crippen LogP contribution in [0.4, 0.5) is 8.78 Å². The Morgan fingerprint density at radius 2 is 1.91 bits per heavy atom. The molecule has 1 saturated heterocycles. The van der Waals surface area contributed by atoms with Crippen LogP contribution in [0, 0.1) is 28.9 Å². The minimum atomic E-state index is -0.713. The fourth-order valence-electron chi connectivity index (χ4n) is 4.88. The second kappa shape index (κ2) is 11.9. The summed E-state index contributed by atoms with van der Waals surface area (Å²) < 4.78 is 26.9. The number of carbonyl (C=O) groups excluding carboxylic acids is 2. The number of carbonyl (C=O) groups is 2. The maximum absolute atomic E-state index is 13.8. The van der Waals surface area contributed by atoms with Crippen molar-refractivity contribution in [3.05, 3.63) is 71.3 Å². The lowest BCUT2D eigenvalue weighted by Crippen LogP contribution is -2.45. The number of nitrogens with zero attached hydrogens (tertiary/aromatic N) is 2. The third-order valence-electron chi connectivity index (χ3n) is 7.03. The fourth-order valence-corrected chi connectivity index (χ4v) is 4.88. The fraction of sp³-hybridized carbons (Fsp3) is 0.464. The van der Waals surface area contributed by atoms with Crippen LogP contribution in [0.3, 0.4) is 0 Å². The lowest BCUT2D eigenvalue weighted by Gasteiger charge is -2.31. The Balaban J connectivity index is 1.52. The lowest BCUT2D eigenvalue weighted by atomic mass is 9.69. The monoisotopic (exact) mass is 481 g/mol. The van der Waals surface area contributed by atoms with Gasteiger partial charge in [-0.3, -0.25) is 9.59 Å². The van der Waals surface area contributed by atoms with E-state index < -0.39 is 23.1 Å². The van der Waals surface area contributed by atoms with Crippen LogP contribution in [-0.4, -0.2) is 29.3 Å². The molecule has 186 valence electrons. The standard InChI is InChI=1S/C28H33F2N3O2/c1-20(2)28(19-31,22-9-4-3-5-10-22)15-7-6-12-26(34)33-16-8-11-25(33)27(35)32-18-21-13-14-23(29)17-24(21)30/h3-5,9-10,13-14,17,20,25H,6-8,11-12,15-16,18H2,1-2H3,(H,32,35)/t25-,28+/m1/s1. The zero-order valence-electron chi connectivity index (χ0n) is 20.4. The van der Waals surface area contributed by atoms with Gasteiger partial charge in [-0.15, -0.1) is 0 Å². The van der Waals surface area contributed by atoms with Gasteiger partial charge in [-0.1, -0.05) is 56.7 Å². The summed E-state index contributed by atoms with van der Waals surface area (Å²) in [6.07, 6.45) is 3.61. The van der Waals surface area contributed by atoms with Gasteiger partial charge in [0.2, 0.25) is 11.8 Å². The van der Waals surface area contributed by atoms with Gasteiger partial charge in [-0.2, -0.15) is 5.26 Å². The van der Waals surface area contributed by atoms with Crippen molar-refractivity contribution < 1.29 is 18.4 Å². The first-order valence-electron chi connectivity index (χ1n) is 12.3. The number of nitrogens with one attached hydrogen (secondary N) is 1. The molecule has 3 rings (SSSR count). The van der Waals surface area contributed by atoms with Crippen molar-refractivity contribution in [2.45, 2.75) is 70.4 Å². The van der Waals surface area contributed by atoms with Gasteiger partial charge >= 0.3 is 0 Å². The number of hydrogen-bond acceptors (Lipinski definition) is 3. The molecule has 1 aliphatic heterocycles. The summed E-state index contributed by atoms with van der Waals surface area (Å²) in [5, 5.41) is 12.7. The maximum atomic E-state index is 13.8. The lowest BCUT2D eigenvalue weighted by molar-refractivity contribution is -0.138. The third kappa shape index (κ3) is 6.25. The van der Waals surface area contributed by atoms with Crippen molar-refractivity contribution in [1.82, 2.24) is 10.2 Å². The van der Waals surface area contributed by atoms with E-state index in [4.69, 9.17) is 0 Å². The highest BCUT2D eigenvalue weighted by atomic mass is 19.1. The smallest absolute Gasteiger partial charge is 0.243 e. The zero-order chi connectivity index (χ0) is 25.4. The van der Waals surface area contributed by atoms with Crippen LogP contribution in [0.5, 0.6) is 0 Å². The topological polar surface area (TPSA) is 73.2 Å². The van der Waals surface area contributed by atoms with Gasteiger partial charge in [-0.05, 0) is 43.2 Å². The molecular formula is C28H33F2N3O2. The molecule has 0 unspecified atom stereocenters. The molecule has 2 amide bonds. The van der Waals surface area contributed by atoms with E-state index >= 15 is 0 Å². The minimum Gasteiger partial charge on any atom is -0.350 e. The molecule has 2 aromatic rings. The normalized spacial score (nSPS) is 17.1. The Kier molecular flexibility index (Phi) is 8.97. The average molecular weight is 482 g/mol. The average Bonchev–Trinajstić information content (AvgIpc) is 3.34. The Bertz CT molecular complexity index is 1070. The van der Waals surface area contributed by atoms with Gasteiger partial charge in [-0.25, -0.2) is 8.78 Å². The maximum Gasteiger partial charge on any atom is 0.243 e. The molecule has 1 N–H and O–H groups in total. The van der Waals surface area contributed by atoms with E-state index in [1.165, 1.54) is 6.07 Å². The molecule has 1 fully saturated rings. The van der Waals surface area contributed by atoms with Crippen LogP contribution < -0.4 is 5.32 Å². The van der Waals surface area contributed by atoms with Crippen LogP contribution in [-0.2, 0) is 21.5 Å². The molecule has 0 bridgehead atoms. The van der Waals surface area contributed by atoms with Gasteiger partial charge in [0.05, 0.1) is 11.5 Å². The number of halogens is 2. The summed E-state index contributed by atoms with van der Waals surface area (Å²) in [5.41, 5.74) is 0.591. The van der Waals surface area contributed by atoms with Crippen molar-refractivity contribution in [3.8, 4) is 6.07 Å². The largest absolute Gasteiger partial charge is 0.350 e. The summed E-state index contributed by atoms with van der Waals surface area (Å²) in [6.45, 7) is 4.55. The van der Waals surface area contributed by atoms with E-state index in [0.717, 1.165) is 30.5 Å². The van der Waals surface area contributed by atoms with Gasteiger partial charge in [0.25, 0.3) is 0 Å². The number of nitriles is 1. The first-order valence-corrected chi connectivity index (χ1v) is 12.3. The number of hydrogen-bond donors (Lipinski definition) is 1. The molecule has 2 aromatic carbocycles. The number of benzene rings is 2. The Morgan fingerprint density at radius 3 is 2.57 bits per heavy atom. The minimum absolute atomic E-state index is 0.0611.